The van der Waals surface area contributed by atoms with E-state index in [1.165, 1.54) is 5.04 Å². The van der Waals surface area contributed by atoms with Crippen molar-refractivity contribution in [1.82, 2.24) is 5.32 Å². The van der Waals surface area contributed by atoms with Gasteiger partial charge in [0.2, 0.25) is 6.41 Å². The molecular weight excluding hydrogens is 388 g/mol. The number of aliphatic hydroxyl groups excluding tert-OH is 1. The van der Waals surface area contributed by atoms with E-state index in [2.05, 4.69) is 48.3 Å². The molecule has 4 nitrogen and oxygen atoms in total. The van der Waals surface area contributed by atoms with Crippen LogP contribution in [0.15, 0.2) is 4.99 Å². The van der Waals surface area contributed by atoms with Crippen molar-refractivity contribution in [2.45, 2.75) is 89.7 Å². The van der Waals surface area contributed by atoms with Crippen LogP contribution in [0.5, 0.6) is 0 Å². The van der Waals surface area contributed by atoms with Crippen molar-refractivity contribution >= 4 is 32.7 Å². The lowest BCUT2D eigenvalue weighted by atomic mass is 9.86. The maximum absolute atomic E-state index is 9.86. The van der Waals surface area contributed by atoms with Crippen LogP contribution in [-0.4, -0.2) is 45.8 Å². The number of alkyl halides is 1. The fourth-order valence-electron chi connectivity index (χ4n) is 3.03. The average molecular weight is 423 g/mol. The second-order valence-electron chi connectivity index (χ2n) is 7.20. The van der Waals surface area contributed by atoms with Crippen LogP contribution < -0.4 is 5.32 Å². The van der Waals surface area contributed by atoms with E-state index in [-0.39, 0.29) is 6.10 Å². The highest BCUT2D eigenvalue weighted by atomic mass is 79.9. The van der Waals surface area contributed by atoms with Crippen molar-refractivity contribution in [3.8, 4) is 0 Å². The number of nitrogens with zero attached hydrogens (tertiary/aromatic N) is 1. The molecule has 1 fully saturated rings. The first kappa shape index (κ1) is 22.4. The molecule has 4 atom stereocenters. The van der Waals surface area contributed by atoms with Crippen LogP contribution in [0.2, 0.25) is 0 Å². The molecule has 1 aliphatic carbocycles. The fourth-order valence-corrected chi connectivity index (χ4v) is 4.32. The van der Waals surface area contributed by atoms with E-state index in [9.17, 15) is 5.11 Å². The Hall–Kier alpha value is 0.380. The number of aliphatic hydroxyl groups is 1. The largest absolute Gasteiger partial charge is 0.356 e. The van der Waals surface area contributed by atoms with E-state index in [1.807, 2.05) is 13.8 Å². The second-order valence-corrected chi connectivity index (χ2v) is 9.47. The van der Waals surface area contributed by atoms with Crippen LogP contribution in [0.3, 0.4) is 0 Å². The molecule has 3 unspecified atom stereocenters. The van der Waals surface area contributed by atoms with Crippen molar-refractivity contribution in [3.05, 3.63) is 0 Å². The van der Waals surface area contributed by atoms with Gasteiger partial charge in [-0.2, -0.15) is 0 Å². The zero-order chi connectivity index (χ0) is 18.3. The highest BCUT2D eigenvalue weighted by Crippen LogP contribution is 2.30. The first-order valence-electron chi connectivity index (χ1n) is 9.09. The van der Waals surface area contributed by atoms with Crippen LogP contribution in [0.1, 0.15) is 60.3 Å². The van der Waals surface area contributed by atoms with Gasteiger partial charge in [-0.3, -0.25) is 10.3 Å². The summed E-state index contributed by atoms with van der Waals surface area (Å²) >= 11 is 5.47. The van der Waals surface area contributed by atoms with Gasteiger partial charge in [-0.15, -0.1) is 11.8 Å². The third-order valence-electron chi connectivity index (χ3n) is 4.88. The number of ether oxygens (including phenoxy) is 1. The predicted octanol–water partition coefficient (Wildman–Crippen LogP) is 4.41. The fraction of sp³-hybridized carbons (Fsp3) is 0.944. The third kappa shape index (κ3) is 7.73. The lowest BCUT2D eigenvalue weighted by Gasteiger charge is -2.32. The molecule has 1 rings (SSSR count). The Bertz CT molecular complexity index is 385. The molecule has 1 aliphatic rings. The van der Waals surface area contributed by atoms with Gasteiger partial charge >= 0.3 is 0 Å². The molecule has 0 bridgehead atoms. The SMILES string of the molecule is CSC(=NC(C)[C@H](C)C(C)Br)C1CCC(NC(O)OC(C)C)CC1. The summed E-state index contributed by atoms with van der Waals surface area (Å²) in [5.41, 5.74) is 0. The van der Waals surface area contributed by atoms with Crippen LogP contribution in [0.4, 0.5) is 0 Å². The van der Waals surface area contributed by atoms with Gasteiger partial charge in [0.25, 0.3) is 0 Å². The van der Waals surface area contributed by atoms with E-state index in [1.54, 1.807) is 11.8 Å². The van der Waals surface area contributed by atoms with Gasteiger partial charge in [-0.1, -0.05) is 29.8 Å². The molecule has 0 saturated heterocycles. The van der Waals surface area contributed by atoms with Crippen molar-refractivity contribution < 1.29 is 9.84 Å². The number of halogens is 1. The zero-order valence-corrected chi connectivity index (χ0v) is 18.4. The van der Waals surface area contributed by atoms with Crippen molar-refractivity contribution in [1.29, 1.82) is 0 Å². The summed E-state index contributed by atoms with van der Waals surface area (Å²) in [6.07, 6.45) is 5.66. The summed E-state index contributed by atoms with van der Waals surface area (Å²) in [4.78, 5) is 5.49. The molecule has 142 valence electrons. The van der Waals surface area contributed by atoms with Crippen molar-refractivity contribution in [2.75, 3.05) is 6.26 Å². The maximum atomic E-state index is 9.86. The molecule has 0 aromatic heterocycles. The Morgan fingerprint density at radius 2 is 1.75 bits per heavy atom. The minimum atomic E-state index is -0.860. The zero-order valence-electron chi connectivity index (χ0n) is 16.0. The number of rotatable bonds is 8. The molecule has 0 aromatic carbocycles. The summed E-state index contributed by atoms with van der Waals surface area (Å²) in [7, 11) is 0. The molecule has 6 heteroatoms. The van der Waals surface area contributed by atoms with Gasteiger partial charge in [0.15, 0.2) is 0 Å². The topological polar surface area (TPSA) is 53.9 Å². The Balaban J connectivity index is 2.52. The lowest BCUT2D eigenvalue weighted by Crippen LogP contribution is -2.43. The minimum absolute atomic E-state index is 0.0272. The number of aliphatic imine (C=N–C) groups is 1. The van der Waals surface area contributed by atoms with Crippen LogP contribution >= 0.6 is 27.7 Å². The van der Waals surface area contributed by atoms with E-state index >= 15 is 0 Å². The number of hydrogen-bond acceptors (Lipinski definition) is 5. The van der Waals surface area contributed by atoms with Gasteiger partial charge < -0.3 is 9.84 Å². The highest BCUT2D eigenvalue weighted by molar-refractivity contribution is 9.09. The molecule has 0 aromatic rings. The number of hydrogen-bond donors (Lipinski definition) is 2. The smallest absolute Gasteiger partial charge is 0.213 e. The van der Waals surface area contributed by atoms with Crippen LogP contribution in [0.25, 0.3) is 0 Å². The van der Waals surface area contributed by atoms with E-state index in [4.69, 9.17) is 9.73 Å². The van der Waals surface area contributed by atoms with Crippen molar-refractivity contribution in [3.63, 3.8) is 0 Å². The number of nitrogens with one attached hydrogen (secondary N) is 1. The lowest BCUT2D eigenvalue weighted by molar-refractivity contribution is -0.150. The second kappa shape index (κ2) is 11.2. The molecule has 0 heterocycles. The molecule has 2 N–H and O–H groups in total. The Morgan fingerprint density at radius 3 is 2.21 bits per heavy atom. The van der Waals surface area contributed by atoms with Gasteiger partial charge in [-0.05, 0) is 58.6 Å². The number of thioether (sulfide) groups is 1. The average Bonchev–Trinajstić information content (AvgIpc) is 2.51. The van der Waals surface area contributed by atoms with Crippen molar-refractivity contribution in [2.24, 2.45) is 16.8 Å². The van der Waals surface area contributed by atoms with E-state index in [0.717, 1.165) is 25.7 Å². The molecular formula is C18H35BrN2O2S. The Kier molecular flexibility index (Phi) is 10.4. The Morgan fingerprint density at radius 1 is 1.17 bits per heavy atom. The minimum Gasteiger partial charge on any atom is -0.356 e. The first-order valence-corrected chi connectivity index (χ1v) is 11.2. The quantitative estimate of drug-likeness (QED) is 0.263. The van der Waals surface area contributed by atoms with E-state index < -0.39 is 6.41 Å². The molecule has 0 spiro atoms. The normalized spacial score (nSPS) is 27.8. The van der Waals surface area contributed by atoms with Gasteiger partial charge in [0.1, 0.15) is 0 Å². The maximum Gasteiger partial charge on any atom is 0.213 e. The van der Waals surface area contributed by atoms with Gasteiger partial charge in [0, 0.05) is 16.8 Å². The molecule has 0 aliphatic heterocycles. The summed E-state index contributed by atoms with van der Waals surface area (Å²) in [5, 5.41) is 14.3. The molecule has 1 saturated carbocycles. The van der Waals surface area contributed by atoms with Crippen LogP contribution in [-0.2, 0) is 4.74 Å². The van der Waals surface area contributed by atoms with Crippen LogP contribution in [0, 0.1) is 11.8 Å². The molecule has 0 radical (unpaired) electrons. The first-order chi connectivity index (χ1) is 11.2. The molecule has 0 amide bonds. The predicted molar refractivity (Wildman–Crippen MR) is 109 cm³/mol. The Labute approximate surface area is 160 Å². The molecule has 24 heavy (non-hydrogen) atoms. The van der Waals surface area contributed by atoms with E-state index in [0.29, 0.717) is 28.7 Å². The highest BCUT2D eigenvalue weighted by Gasteiger charge is 2.27. The third-order valence-corrected chi connectivity index (χ3v) is 6.57. The van der Waals surface area contributed by atoms with Gasteiger partial charge in [-0.25, -0.2) is 0 Å². The standard InChI is InChI=1S/C18H35BrN2O2S/c1-11(2)23-18(22)21-16-9-7-15(8-10-16)17(24-6)20-14(5)12(3)13(4)19/h11-16,18,21-22H,7-10H2,1-6H3/t12-,13?,14?,15?,16?,18?/m1/s1. The van der Waals surface area contributed by atoms with Gasteiger partial charge in [0.05, 0.1) is 17.2 Å². The summed E-state index contributed by atoms with van der Waals surface area (Å²) in [6, 6.07) is 0.663. The summed E-state index contributed by atoms with van der Waals surface area (Å²) in [5.74, 6) is 1.08. The summed E-state index contributed by atoms with van der Waals surface area (Å²) in [6.45, 7) is 10.5. The monoisotopic (exact) mass is 422 g/mol. The summed E-state index contributed by atoms with van der Waals surface area (Å²) < 4.78 is 5.36.